The number of ether oxygens (including phenoxy) is 2. The fourth-order valence-corrected chi connectivity index (χ4v) is 0.805. The van der Waals surface area contributed by atoms with E-state index in [-0.39, 0.29) is 11.5 Å². The Hall–Kier alpha value is -2.41. The minimum Gasteiger partial charge on any atom is -0.481 e. The number of ketones is 1. The van der Waals surface area contributed by atoms with Crippen molar-refractivity contribution >= 4 is 35.3 Å². The third-order valence-corrected chi connectivity index (χ3v) is 1.67. The van der Waals surface area contributed by atoms with Gasteiger partial charge in [0.1, 0.15) is 6.42 Å². The molecule has 0 aromatic rings. The van der Waals surface area contributed by atoms with Crippen LogP contribution in [0.4, 0.5) is 0 Å². The van der Waals surface area contributed by atoms with Crippen LogP contribution < -0.4 is 0 Å². The van der Waals surface area contributed by atoms with Crippen LogP contribution in [0.2, 0.25) is 0 Å². The number of carbonyl (C=O) groups is 4. The maximum absolute atomic E-state index is 11.2. The zero-order chi connectivity index (χ0) is 15.5. The van der Waals surface area contributed by atoms with Gasteiger partial charge in [0.2, 0.25) is 0 Å². The minimum absolute atomic E-state index is 0.118. The van der Waals surface area contributed by atoms with Gasteiger partial charge >= 0.3 is 17.9 Å². The van der Waals surface area contributed by atoms with Gasteiger partial charge in [-0.3, -0.25) is 14.4 Å². The molecule has 8 heteroatoms. The largest absolute Gasteiger partial charge is 0.481 e. The monoisotopic (exact) mass is 302 g/mol. The Labute approximate surface area is 119 Å². The second-order valence-corrected chi connectivity index (χ2v) is 3.70. The van der Waals surface area contributed by atoms with Crippen LogP contribution in [0.15, 0.2) is 36.3 Å². The van der Waals surface area contributed by atoms with E-state index in [9.17, 15) is 19.2 Å². The zero-order valence-electron chi connectivity index (χ0n) is 10.2. The number of Topliss-reactive ketones (excluding diaryl/α,β-unsaturated/α-hetero) is 1. The molecular weight excluding hydrogens is 292 g/mol. The van der Waals surface area contributed by atoms with Crippen molar-refractivity contribution in [3.05, 3.63) is 36.3 Å². The molecule has 0 amide bonds. The van der Waals surface area contributed by atoms with E-state index >= 15 is 0 Å². The standard InChI is InChI=1S/C12H11ClO7/c1-8(13)4-6-19-11(17)7-9(14)12(18)20-5-2-3-10(15)16/h2,4-6H,1,3,7H2,(H,15,16). The van der Waals surface area contributed by atoms with Crippen LogP contribution in [-0.2, 0) is 28.7 Å². The fraction of sp³-hybridized carbons (Fsp3) is 0.167. The fourth-order valence-electron chi connectivity index (χ4n) is 0.753. The Bertz CT molecular complexity index is 476. The van der Waals surface area contributed by atoms with Gasteiger partial charge in [-0.05, 0) is 12.2 Å². The molecule has 0 spiro atoms. The maximum Gasteiger partial charge on any atom is 0.380 e. The van der Waals surface area contributed by atoms with Gasteiger partial charge in [0.05, 0.1) is 18.9 Å². The highest BCUT2D eigenvalue weighted by Crippen LogP contribution is 1.99. The molecule has 0 heterocycles. The minimum atomic E-state index is -1.30. The number of carbonyl (C=O) groups excluding carboxylic acids is 3. The lowest BCUT2D eigenvalue weighted by atomic mass is 10.3. The van der Waals surface area contributed by atoms with E-state index in [4.69, 9.17) is 16.7 Å². The van der Waals surface area contributed by atoms with Crippen LogP contribution in [-0.4, -0.2) is 28.8 Å². The van der Waals surface area contributed by atoms with E-state index in [0.717, 1.165) is 18.6 Å². The quantitative estimate of drug-likeness (QED) is 0.237. The van der Waals surface area contributed by atoms with E-state index < -0.39 is 30.1 Å². The van der Waals surface area contributed by atoms with Crippen LogP contribution in [0.25, 0.3) is 0 Å². The second-order valence-electron chi connectivity index (χ2n) is 3.21. The number of aliphatic carboxylic acids is 1. The molecule has 0 saturated carbocycles. The van der Waals surface area contributed by atoms with Crippen LogP contribution in [0, 0.1) is 0 Å². The summed E-state index contributed by atoms with van der Waals surface area (Å²) in [6, 6.07) is 0. The van der Waals surface area contributed by atoms with E-state index in [1.54, 1.807) is 0 Å². The van der Waals surface area contributed by atoms with Crippen molar-refractivity contribution in [2.45, 2.75) is 12.8 Å². The first-order valence-corrected chi connectivity index (χ1v) is 5.51. The van der Waals surface area contributed by atoms with Crippen molar-refractivity contribution in [2.24, 2.45) is 0 Å². The SMILES string of the molecule is C=C(Cl)C=COC(=O)CC(=O)C(=O)OC=CCC(=O)O. The predicted octanol–water partition coefficient (Wildman–Crippen LogP) is 1.29. The molecule has 0 aromatic heterocycles. The lowest BCUT2D eigenvalue weighted by Gasteiger charge is -1.98. The Morgan fingerprint density at radius 1 is 1.15 bits per heavy atom. The number of esters is 2. The second kappa shape index (κ2) is 9.51. The number of hydrogen-bond donors (Lipinski definition) is 1. The molecule has 20 heavy (non-hydrogen) atoms. The summed E-state index contributed by atoms with van der Waals surface area (Å²) in [5.41, 5.74) is 0. The van der Waals surface area contributed by atoms with Crippen LogP contribution in [0.1, 0.15) is 12.8 Å². The molecular formula is C12H11ClO7. The average Bonchev–Trinajstić information content (AvgIpc) is 2.33. The van der Waals surface area contributed by atoms with Crippen molar-refractivity contribution in [2.75, 3.05) is 0 Å². The first kappa shape index (κ1) is 17.6. The molecule has 0 bridgehead atoms. The zero-order valence-corrected chi connectivity index (χ0v) is 11.0. The topological polar surface area (TPSA) is 107 Å². The van der Waals surface area contributed by atoms with E-state index in [0.29, 0.717) is 0 Å². The van der Waals surface area contributed by atoms with Crippen LogP contribution in [0.3, 0.4) is 0 Å². The van der Waals surface area contributed by atoms with Gasteiger partial charge in [-0.25, -0.2) is 4.79 Å². The van der Waals surface area contributed by atoms with Gasteiger partial charge in [0.15, 0.2) is 0 Å². The summed E-state index contributed by atoms with van der Waals surface area (Å²) in [5, 5.41) is 8.40. The smallest absolute Gasteiger partial charge is 0.380 e. The summed E-state index contributed by atoms with van der Waals surface area (Å²) in [6.07, 6.45) is 2.71. The highest BCUT2D eigenvalue weighted by molar-refractivity contribution is 6.36. The Morgan fingerprint density at radius 2 is 1.80 bits per heavy atom. The number of halogens is 1. The Balaban J connectivity index is 4.10. The third kappa shape index (κ3) is 9.60. The summed E-state index contributed by atoms with van der Waals surface area (Å²) < 4.78 is 8.75. The van der Waals surface area contributed by atoms with Crippen molar-refractivity contribution in [1.82, 2.24) is 0 Å². The number of carboxylic acid groups (broad SMARTS) is 1. The molecule has 0 unspecified atom stereocenters. The normalized spacial score (nSPS) is 10.4. The number of hydrogen-bond acceptors (Lipinski definition) is 6. The van der Waals surface area contributed by atoms with Gasteiger partial charge in [0.25, 0.3) is 5.78 Å². The van der Waals surface area contributed by atoms with Gasteiger partial charge in [-0.2, -0.15) is 0 Å². The number of allylic oxidation sites excluding steroid dienone is 2. The first-order valence-electron chi connectivity index (χ1n) is 5.14. The summed E-state index contributed by atoms with van der Waals surface area (Å²) in [7, 11) is 0. The van der Waals surface area contributed by atoms with Gasteiger partial charge in [0, 0.05) is 5.03 Å². The molecule has 0 aromatic carbocycles. The molecule has 0 saturated heterocycles. The molecule has 0 fully saturated rings. The molecule has 0 atom stereocenters. The lowest BCUT2D eigenvalue weighted by molar-refractivity contribution is -0.153. The van der Waals surface area contributed by atoms with Crippen LogP contribution >= 0.6 is 11.6 Å². The van der Waals surface area contributed by atoms with Gasteiger partial charge in [-0.15, -0.1) is 0 Å². The van der Waals surface area contributed by atoms with Crippen molar-refractivity contribution in [3.63, 3.8) is 0 Å². The molecule has 1 N–H and O–H groups in total. The average molecular weight is 303 g/mol. The molecule has 0 aliphatic carbocycles. The van der Waals surface area contributed by atoms with E-state index in [2.05, 4.69) is 16.1 Å². The molecule has 0 aliphatic heterocycles. The summed E-state index contributed by atoms with van der Waals surface area (Å²) >= 11 is 5.35. The molecule has 0 rings (SSSR count). The molecule has 0 radical (unpaired) electrons. The highest BCUT2D eigenvalue weighted by Gasteiger charge is 2.19. The number of rotatable bonds is 8. The number of carboxylic acids is 1. The summed E-state index contributed by atoms with van der Waals surface area (Å²) in [5.74, 6) is -4.53. The van der Waals surface area contributed by atoms with Gasteiger partial charge in [-0.1, -0.05) is 18.2 Å². The summed E-state index contributed by atoms with van der Waals surface area (Å²) in [6.45, 7) is 3.29. The highest BCUT2D eigenvalue weighted by atomic mass is 35.5. The predicted molar refractivity (Wildman–Crippen MR) is 67.3 cm³/mol. The molecule has 108 valence electrons. The Kier molecular flexibility index (Phi) is 8.36. The van der Waals surface area contributed by atoms with Gasteiger partial charge < -0.3 is 14.6 Å². The van der Waals surface area contributed by atoms with E-state index in [1.165, 1.54) is 6.08 Å². The summed E-state index contributed by atoms with van der Waals surface area (Å²) in [4.78, 5) is 43.5. The third-order valence-electron chi connectivity index (χ3n) is 1.54. The molecule has 0 aliphatic rings. The van der Waals surface area contributed by atoms with Crippen molar-refractivity contribution < 1.29 is 33.8 Å². The molecule has 7 nitrogen and oxygen atoms in total. The first-order chi connectivity index (χ1) is 9.32. The van der Waals surface area contributed by atoms with Crippen LogP contribution in [0.5, 0.6) is 0 Å². The lowest BCUT2D eigenvalue weighted by Crippen LogP contribution is -2.19. The van der Waals surface area contributed by atoms with Crippen molar-refractivity contribution in [1.29, 1.82) is 0 Å². The van der Waals surface area contributed by atoms with E-state index in [1.807, 2.05) is 0 Å². The maximum atomic E-state index is 11.2. The van der Waals surface area contributed by atoms with Crippen molar-refractivity contribution in [3.8, 4) is 0 Å². The Morgan fingerprint density at radius 3 is 2.35 bits per heavy atom.